The number of carbonyl (C=O) groups is 3. The Morgan fingerprint density at radius 2 is 1.97 bits per heavy atom. The van der Waals surface area contributed by atoms with E-state index in [1.54, 1.807) is 24.5 Å². The number of ether oxygens (including phenoxy) is 1. The zero-order chi connectivity index (χ0) is 28.3. The summed E-state index contributed by atoms with van der Waals surface area (Å²) in [5, 5.41) is 17.9. The Hall–Kier alpha value is -3.57. The highest BCUT2D eigenvalue weighted by Gasteiger charge is 2.43. The molecule has 4 rings (SSSR count). The maximum atomic E-state index is 13.8. The molecule has 2 N–H and O–H groups in total. The molecule has 2 amide bonds. The Kier molecular flexibility index (Phi) is 8.81. The molecular formula is C28H35N5O5S. The first-order valence-electron chi connectivity index (χ1n) is 13.0. The lowest BCUT2D eigenvalue weighted by atomic mass is 9.90. The summed E-state index contributed by atoms with van der Waals surface area (Å²) in [6.45, 7) is 7.64. The Bertz CT molecular complexity index is 1320. The molecular weight excluding hydrogens is 518 g/mol. The molecule has 1 fully saturated rings. The van der Waals surface area contributed by atoms with E-state index in [4.69, 9.17) is 4.74 Å². The molecule has 3 aromatic rings. The minimum absolute atomic E-state index is 0.0682. The summed E-state index contributed by atoms with van der Waals surface area (Å²) >= 11 is 1.59. The van der Waals surface area contributed by atoms with Crippen LogP contribution in [0.25, 0.3) is 10.4 Å². The van der Waals surface area contributed by atoms with Gasteiger partial charge < -0.3 is 20.1 Å². The summed E-state index contributed by atoms with van der Waals surface area (Å²) < 4.78 is 6.88. The molecule has 0 aliphatic carbocycles. The molecule has 1 saturated heterocycles. The topological polar surface area (TPSA) is 127 Å². The summed E-state index contributed by atoms with van der Waals surface area (Å²) in [7, 11) is 1.67. The van der Waals surface area contributed by atoms with E-state index in [0.29, 0.717) is 17.9 Å². The van der Waals surface area contributed by atoms with E-state index in [1.807, 2.05) is 57.5 Å². The van der Waals surface area contributed by atoms with Crippen LogP contribution in [0.1, 0.15) is 56.1 Å². The molecule has 2 aromatic heterocycles. The van der Waals surface area contributed by atoms with E-state index in [1.165, 1.54) is 9.58 Å². The number of hydrogen-bond acceptors (Lipinski definition) is 8. The van der Waals surface area contributed by atoms with Gasteiger partial charge in [-0.05, 0) is 30.9 Å². The van der Waals surface area contributed by atoms with E-state index in [9.17, 15) is 19.5 Å². The predicted octanol–water partition coefficient (Wildman–Crippen LogP) is 3.01. The van der Waals surface area contributed by atoms with Crippen molar-refractivity contribution < 1.29 is 24.2 Å². The lowest BCUT2D eigenvalue weighted by molar-refractivity contribution is -0.140. The fourth-order valence-corrected chi connectivity index (χ4v) is 5.82. The number of hydrogen-bond donors (Lipinski definition) is 2. The fraction of sp³-hybridized carbons (Fsp3) is 0.464. The van der Waals surface area contributed by atoms with Gasteiger partial charge in [-0.2, -0.15) is 5.10 Å². The van der Waals surface area contributed by atoms with Gasteiger partial charge in [0.1, 0.15) is 12.6 Å². The molecule has 0 bridgehead atoms. The maximum absolute atomic E-state index is 13.8. The van der Waals surface area contributed by atoms with Gasteiger partial charge in [0.15, 0.2) is 6.29 Å². The Labute approximate surface area is 232 Å². The first kappa shape index (κ1) is 28.4. The number of aldehydes is 1. The van der Waals surface area contributed by atoms with Gasteiger partial charge in [0.2, 0.25) is 17.7 Å². The highest BCUT2D eigenvalue weighted by Crippen LogP contribution is 2.32. The van der Waals surface area contributed by atoms with Crippen molar-refractivity contribution in [2.45, 2.75) is 58.2 Å². The number of β-amino-alcohol motifs (C(OH)–C–C–N with tert-alkyl or cyclic N) is 1. The monoisotopic (exact) mass is 553 g/mol. The minimum Gasteiger partial charge on any atom is -0.470 e. The Morgan fingerprint density at radius 1 is 1.26 bits per heavy atom. The third kappa shape index (κ3) is 6.20. The second kappa shape index (κ2) is 12.1. The summed E-state index contributed by atoms with van der Waals surface area (Å²) in [5.74, 6) is -0.999. The highest BCUT2D eigenvalue weighted by atomic mass is 32.1. The van der Waals surface area contributed by atoms with E-state index < -0.39 is 18.1 Å². The van der Waals surface area contributed by atoms with Crippen LogP contribution in [-0.2, 0) is 21.4 Å². The number of thiazole rings is 1. The molecule has 1 aliphatic heterocycles. The molecule has 0 spiro atoms. The zero-order valence-electron chi connectivity index (χ0n) is 22.8. The average molecular weight is 554 g/mol. The number of nitrogens with zero attached hydrogens (tertiary/aromatic N) is 4. The number of aliphatic hydroxyl groups is 1. The third-order valence-corrected chi connectivity index (χ3v) is 8.03. The lowest BCUT2D eigenvalue weighted by Gasteiger charge is -2.30. The Morgan fingerprint density at radius 3 is 2.59 bits per heavy atom. The van der Waals surface area contributed by atoms with Crippen molar-refractivity contribution >= 4 is 29.4 Å². The number of aromatic nitrogens is 3. The molecule has 208 valence electrons. The van der Waals surface area contributed by atoms with Gasteiger partial charge in [0.25, 0.3) is 0 Å². The van der Waals surface area contributed by atoms with Crippen molar-refractivity contribution in [3.05, 3.63) is 52.8 Å². The average Bonchev–Trinajstić information content (AvgIpc) is 3.60. The van der Waals surface area contributed by atoms with Gasteiger partial charge in [-0.1, -0.05) is 38.1 Å². The van der Waals surface area contributed by atoms with Crippen LogP contribution in [-0.4, -0.2) is 68.2 Å². The quantitative estimate of drug-likeness (QED) is 0.370. The molecule has 4 atom stereocenters. The normalized spacial score (nSPS) is 18.7. The van der Waals surface area contributed by atoms with Crippen molar-refractivity contribution in [2.24, 2.45) is 13.0 Å². The number of nitrogens with one attached hydrogen (secondary N) is 1. The molecule has 0 radical (unpaired) electrons. The summed E-state index contributed by atoms with van der Waals surface area (Å²) in [6, 6.07) is 8.54. The molecule has 11 heteroatoms. The van der Waals surface area contributed by atoms with Crippen LogP contribution in [0.5, 0.6) is 5.88 Å². The van der Waals surface area contributed by atoms with E-state index in [-0.39, 0.29) is 43.3 Å². The lowest BCUT2D eigenvalue weighted by Crippen LogP contribution is -2.48. The number of carbonyl (C=O) groups excluding carboxylic acids is 3. The van der Waals surface area contributed by atoms with Gasteiger partial charge in [-0.25, -0.2) is 9.67 Å². The number of aliphatic hydroxyl groups excluding tert-OH is 1. The van der Waals surface area contributed by atoms with Crippen LogP contribution in [0.3, 0.4) is 0 Å². The number of likely N-dealkylation sites (tertiary alicyclic amines) is 1. The number of benzene rings is 1. The standard InChI is InChI=1S/C28H35N5O5S/c1-16(2)25(22-13-24(32(5)31-22)38-11-10-34)28(37)33-14-21(35)12-23(33)27(36)30-17(3)19-6-8-20(9-7-19)26-18(4)29-15-39-26/h6-10,13,15-17,21,23,25,35H,11-12,14H2,1-5H3,(H,30,36)/t17-,21+,23-,25+/m0/s1. The fourth-order valence-electron chi connectivity index (χ4n) is 5.01. The SMILES string of the molecule is Cc1ncsc1-c1ccc([C@H](C)NC(=O)[C@@H]2C[C@@H](O)CN2C(=O)[C@@H](c2cc(OCC=O)n(C)n2)C(C)C)cc1. The van der Waals surface area contributed by atoms with Crippen molar-refractivity contribution in [3.8, 4) is 16.3 Å². The van der Waals surface area contributed by atoms with E-state index in [2.05, 4.69) is 15.4 Å². The molecule has 39 heavy (non-hydrogen) atoms. The molecule has 10 nitrogen and oxygen atoms in total. The summed E-state index contributed by atoms with van der Waals surface area (Å²) in [5.41, 5.74) is 5.30. The van der Waals surface area contributed by atoms with Gasteiger partial charge >= 0.3 is 0 Å². The van der Waals surface area contributed by atoms with Crippen LogP contribution in [0, 0.1) is 12.8 Å². The van der Waals surface area contributed by atoms with Gasteiger partial charge in [0, 0.05) is 26.1 Å². The first-order valence-corrected chi connectivity index (χ1v) is 13.9. The minimum atomic E-state index is -0.801. The molecule has 3 heterocycles. The molecule has 1 aromatic carbocycles. The van der Waals surface area contributed by atoms with E-state index in [0.717, 1.165) is 21.7 Å². The molecule has 0 saturated carbocycles. The smallest absolute Gasteiger partial charge is 0.243 e. The second-order valence-electron chi connectivity index (χ2n) is 10.2. The molecule has 0 unspecified atom stereocenters. The summed E-state index contributed by atoms with van der Waals surface area (Å²) in [4.78, 5) is 44.8. The van der Waals surface area contributed by atoms with Crippen LogP contribution in [0.4, 0.5) is 0 Å². The first-order chi connectivity index (χ1) is 18.6. The van der Waals surface area contributed by atoms with Crippen molar-refractivity contribution in [1.82, 2.24) is 25.0 Å². The third-order valence-electron chi connectivity index (χ3n) is 7.05. The van der Waals surface area contributed by atoms with Crippen molar-refractivity contribution in [3.63, 3.8) is 0 Å². The Balaban J connectivity index is 1.48. The van der Waals surface area contributed by atoms with Crippen LogP contribution < -0.4 is 10.1 Å². The van der Waals surface area contributed by atoms with Gasteiger partial charge in [-0.3, -0.25) is 14.4 Å². The number of amides is 2. The zero-order valence-corrected chi connectivity index (χ0v) is 23.6. The van der Waals surface area contributed by atoms with Crippen LogP contribution >= 0.6 is 11.3 Å². The second-order valence-corrected chi connectivity index (χ2v) is 11.1. The van der Waals surface area contributed by atoms with Gasteiger partial charge in [0.05, 0.1) is 39.8 Å². The summed E-state index contributed by atoms with van der Waals surface area (Å²) in [6.07, 6.45) is 0.00332. The van der Waals surface area contributed by atoms with Crippen molar-refractivity contribution in [2.75, 3.05) is 13.2 Å². The number of rotatable bonds is 10. The largest absolute Gasteiger partial charge is 0.470 e. The van der Waals surface area contributed by atoms with Gasteiger partial charge in [-0.15, -0.1) is 11.3 Å². The van der Waals surface area contributed by atoms with E-state index >= 15 is 0 Å². The highest BCUT2D eigenvalue weighted by molar-refractivity contribution is 7.13. The van der Waals surface area contributed by atoms with Crippen LogP contribution in [0.2, 0.25) is 0 Å². The molecule has 1 aliphatic rings. The maximum Gasteiger partial charge on any atom is 0.243 e. The predicted molar refractivity (Wildman–Crippen MR) is 147 cm³/mol. The van der Waals surface area contributed by atoms with Crippen molar-refractivity contribution in [1.29, 1.82) is 0 Å². The number of aryl methyl sites for hydroxylation is 2. The van der Waals surface area contributed by atoms with Crippen LogP contribution in [0.15, 0.2) is 35.8 Å².